The molecule has 1 aromatic rings. The first kappa shape index (κ1) is 19.6. The third-order valence-corrected chi connectivity index (χ3v) is 9.16. The van der Waals surface area contributed by atoms with Gasteiger partial charge in [0, 0.05) is 39.1 Å². The minimum absolute atomic E-state index is 0.0194. The molecule has 3 unspecified atom stereocenters. The third kappa shape index (κ3) is 3.07. The highest BCUT2D eigenvalue weighted by Crippen LogP contribution is 2.64. The molecule has 9 heteroatoms. The lowest BCUT2D eigenvalue weighted by Crippen LogP contribution is -2.56. The van der Waals surface area contributed by atoms with Crippen LogP contribution in [0, 0.1) is 5.92 Å². The van der Waals surface area contributed by atoms with E-state index in [1.54, 1.807) is 32.0 Å². The van der Waals surface area contributed by atoms with Gasteiger partial charge in [0.05, 0.1) is 4.90 Å². The Labute approximate surface area is 143 Å². The minimum atomic E-state index is -3.78. The number of benzene rings is 1. The molecule has 0 bridgehead atoms. The maximum absolute atomic E-state index is 12.9. The number of rotatable bonds is 5. The largest absolute Gasteiger partial charge is 0.377 e. The molecule has 136 valence electrons. The van der Waals surface area contributed by atoms with Crippen molar-refractivity contribution in [1.29, 1.82) is 0 Å². The zero-order valence-corrected chi connectivity index (χ0v) is 16.0. The lowest BCUT2D eigenvalue weighted by Gasteiger charge is -2.47. The van der Waals surface area contributed by atoms with Gasteiger partial charge in [-0.2, -0.15) is 4.31 Å². The SMILES string of the molecule is COP(=O)(OC)C1(O)CC(C)N(S(=O)(=O)c2ccccc2)CC1C. The fourth-order valence-electron chi connectivity index (χ4n) is 3.17. The van der Waals surface area contributed by atoms with Gasteiger partial charge in [-0.1, -0.05) is 25.1 Å². The second kappa shape index (κ2) is 6.86. The van der Waals surface area contributed by atoms with E-state index in [1.807, 2.05) is 0 Å². The fraction of sp³-hybridized carbons (Fsp3) is 0.600. The lowest BCUT2D eigenvalue weighted by atomic mass is 9.93. The molecule has 0 aromatic heterocycles. The van der Waals surface area contributed by atoms with Crippen molar-refractivity contribution in [3.63, 3.8) is 0 Å². The molecule has 0 saturated carbocycles. The molecule has 24 heavy (non-hydrogen) atoms. The van der Waals surface area contributed by atoms with E-state index in [9.17, 15) is 18.1 Å². The highest BCUT2D eigenvalue weighted by atomic mass is 32.2. The van der Waals surface area contributed by atoms with Crippen LogP contribution in [0.25, 0.3) is 0 Å². The van der Waals surface area contributed by atoms with Gasteiger partial charge in [-0.3, -0.25) is 4.57 Å². The second-order valence-corrected chi connectivity index (χ2v) is 10.5. The van der Waals surface area contributed by atoms with Crippen molar-refractivity contribution in [3.05, 3.63) is 30.3 Å². The number of nitrogens with zero attached hydrogens (tertiary/aromatic N) is 1. The zero-order chi connectivity index (χ0) is 18.2. The fourth-order valence-corrected chi connectivity index (χ4v) is 6.80. The highest BCUT2D eigenvalue weighted by molar-refractivity contribution is 7.89. The van der Waals surface area contributed by atoms with Gasteiger partial charge in [0.2, 0.25) is 10.0 Å². The van der Waals surface area contributed by atoms with Crippen molar-refractivity contribution in [1.82, 2.24) is 4.31 Å². The molecule has 1 N–H and O–H groups in total. The monoisotopic (exact) mass is 377 g/mol. The molecule has 0 spiro atoms. The van der Waals surface area contributed by atoms with Crippen LogP contribution in [0.5, 0.6) is 0 Å². The Balaban J connectivity index is 2.37. The summed E-state index contributed by atoms with van der Waals surface area (Å²) in [6.45, 7) is 3.34. The van der Waals surface area contributed by atoms with Crippen molar-refractivity contribution < 1.29 is 27.1 Å². The van der Waals surface area contributed by atoms with E-state index in [-0.39, 0.29) is 17.9 Å². The molecule has 1 aromatic carbocycles. The number of hydrogen-bond donors (Lipinski definition) is 1. The van der Waals surface area contributed by atoms with Crippen molar-refractivity contribution in [3.8, 4) is 0 Å². The number of piperidine rings is 1. The van der Waals surface area contributed by atoms with Crippen LogP contribution < -0.4 is 0 Å². The van der Waals surface area contributed by atoms with Gasteiger partial charge < -0.3 is 14.2 Å². The zero-order valence-electron chi connectivity index (χ0n) is 14.2. The molecule has 1 fully saturated rings. The molecular formula is C15H24NO6PS. The van der Waals surface area contributed by atoms with Crippen molar-refractivity contribution in [2.45, 2.75) is 36.5 Å². The minimum Gasteiger partial charge on any atom is -0.377 e. The molecule has 3 atom stereocenters. The van der Waals surface area contributed by atoms with Crippen LogP contribution in [0.15, 0.2) is 35.2 Å². The quantitative estimate of drug-likeness (QED) is 0.792. The lowest BCUT2D eigenvalue weighted by molar-refractivity contribution is -0.0225. The van der Waals surface area contributed by atoms with Crippen molar-refractivity contribution >= 4 is 17.6 Å². The van der Waals surface area contributed by atoms with Crippen LogP contribution in [-0.4, -0.2) is 50.0 Å². The summed E-state index contributed by atoms with van der Waals surface area (Å²) in [6, 6.07) is 7.56. The van der Waals surface area contributed by atoms with Crippen LogP contribution in [0.2, 0.25) is 0 Å². The Kier molecular flexibility index (Phi) is 5.59. The summed E-state index contributed by atoms with van der Waals surface area (Å²) in [5.74, 6) is -0.627. The molecule has 0 aliphatic carbocycles. The molecule has 1 aliphatic rings. The Morgan fingerprint density at radius 1 is 1.21 bits per heavy atom. The Hall–Kier alpha value is -0.760. The Morgan fingerprint density at radius 2 is 1.75 bits per heavy atom. The Morgan fingerprint density at radius 3 is 2.25 bits per heavy atom. The van der Waals surface area contributed by atoms with Crippen molar-refractivity contribution in [2.75, 3.05) is 20.8 Å². The summed E-state index contributed by atoms with van der Waals surface area (Å²) in [5.41, 5.74) is 0. The van der Waals surface area contributed by atoms with Crippen LogP contribution in [0.1, 0.15) is 20.3 Å². The van der Waals surface area contributed by atoms with Gasteiger partial charge in [-0.25, -0.2) is 8.42 Å². The molecular weight excluding hydrogens is 353 g/mol. The smallest absolute Gasteiger partial charge is 0.361 e. The van der Waals surface area contributed by atoms with Gasteiger partial charge >= 0.3 is 7.60 Å². The molecule has 0 radical (unpaired) electrons. The van der Waals surface area contributed by atoms with E-state index in [1.165, 1.54) is 30.7 Å². The molecule has 2 rings (SSSR count). The van der Waals surface area contributed by atoms with Crippen LogP contribution in [-0.2, 0) is 23.6 Å². The standard InChI is InChI=1S/C15H24NO6PS/c1-12-11-16(24(19,20)14-8-6-5-7-9-14)13(2)10-15(12,17)23(18,21-3)22-4/h5-9,12-13,17H,10-11H2,1-4H3. The molecule has 0 amide bonds. The first-order chi connectivity index (χ1) is 11.1. The summed E-state index contributed by atoms with van der Waals surface area (Å²) in [4.78, 5) is 0.191. The summed E-state index contributed by atoms with van der Waals surface area (Å²) in [6.07, 6.45) is -0.0425. The van der Waals surface area contributed by atoms with Crippen LogP contribution in [0.4, 0.5) is 0 Å². The van der Waals surface area contributed by atoms with Gasteiger partial charge in [0.15, 0.2) is 5.34 Å². The number of aliphatic hydroxyl groups is 1. The second-order valence-electron chi connectivity index (χ2n) is 6.08. The summed E-state index contributed by atoms with van der Waals surface area (Å²) >= 11 is 0. The summed E-state index contributed by atoms with van der Waals surface area (Å²) < 4.78 is 49.7. The number of sulfonamides is 1. The first-order valence-electron chi connectivity index (χ1n) is 7.63. The topological polar surface area (TPSA) is 93.1 Å². The highest BCUT2D eigenvalue weighted by Gasteiger charge is 2.57. The predicted molar refractivity (Wildman–Crippen MR) is 90.2 cm³/mol. The van der Waals surface area contributed by atoms with E-state index in [0.717, 1.165) is 0 Å². The average Bonchev–Trinajstić information content (AvgIpc) is 2.57. The predicted octanol–water partition coefficient (Wildman–Crippen LogP) is 2.28. The van der Waals surface area contributed by atoms with E-state index in [4.69, 9.17) is 9.05 Å². The van der Waals surface area contributed by atoms with Crippen molar-refractivity contribution in [2.24, 2.45) is 5.92 Å². The molecule has 1 aliphatic heterocycles. The first-order valence-corrected chi connectivity index (χ1v) is 10.6. The van der Waals surface area contributed by atoms with Gasteiger partial charge in [0.25, 0.3) is 0 Å². The maximum Gasteiger partial charge on any atom is 0.361 e. The van der Waals surface area contributed by atoms with Gasteiger partial charge in [0.1, 0.15) is 0 Å². The average molecular weight is 377 g/mol. The van der Waals surface area contributed by atoms with Crippen LogP contribution in [0.3, 0.4) is 0 Å². The van der Waals surface area contributed by atoms with E-state index in [2.05, 4.69) is 0 Å². The molecule has 7 nitrogen and oxygen atoms in total. The van der Waals surface area contributed by atoms with Gasteiger partial charge in [-0.15, -0.1) is 0 Å². The molecule has 1 heterocycles. The van der Waals surface area contributed by atoms with E-state index in [0.29, 0.717) is 0 Å². The number of hydrogen-bond acceptors (Lipinski definition) is 6. The molecule has 1 saturated heterocycles. The van der Waals surface area contributed by atoms with Crippen LogP contribution >= 0.6 is 7.60 Å². The van der Waals surface area contributed by atoms with E-state index < -0.39 is 34.9 Å². The third-order valence-electron chi connectivity index (χ3n) is 4.64. The Bertz CT molecular complexity index is 717. The maximum atomic E-state index is 12.9. The summed E-state index contributed by atoms with van der Waals surface area (Å²) in [7, 11) is -5.05. The summed E-state index contributed by atoms with van der Waals surface area (Å²) in [5, 5.41) is 9.21. The normalized spacial score (nSPS) is 29.5. The van der Waals surface area contributed by atoms with Gasteiger partial charge in [-0.05, 0) is 19.1 Å². The van der Waals surface area contributed by atoms with E-state index >= 15 is 0 Å².